The third-order valence-electron chi connectivity index (χ3n) is 20.3. The topological polar surface area (TPSA) is 237 Å². The number of phosphoric acid groups is 2. The van der Waals surface area contributed by atoms with E-state index in [1.807, 2.05) is 0 Å². The van der Waals surface area contributed by atoms with Crippen molar-refractivity contribution in [2.45, 2.75) is 453 Å². The van der Waals surface area contributed by atoms with Gasteiger partial charge in [-0.1, -0.05) is 383 Å². The first-order valence-corrected chi connectivity index (χ1v) is 46.3. The molecule has 0 bridgehead atoms. The van der Waals surface area contributed by atoms with Gasteiger partial charge in [0.1, 0.15) is 19.3 Å². The van der Waals surface area contributed by atoms with E-state index < -0.39 is 97.5 Å². The molecule has 0 saturated carbocycles. The molecule has 0 aromatic rings. The van der Waals surface area contributed by atoms with Crippen LogP contribution in [-0.2, 0) is 65.4 Å². The number of carbonyl (C=O) groups excluding carboxylic acids is 4. The van der Waals surface area contributed by atoms with E-state index in [0.29, 0.717) is 25.7 Å². The minimum atomic E-state index is -4.97. The van der Waals surface area contributed by atoms with Crippen molar-refractivity contribution in [3.05, 3.63) is 0 Å². The summed E-state index contributed by atoms with van der Waals surface area (Å²) in [7, 11) is -9.93. The highest BCUT2D eigenvalue weighted by atomic mass is 31.2. The minimum absolute atomic E-state index is 0.105. The van der Waals surface area contributed by atoms with Crippen LogP contribution in [0.4, 0.5) is 0 Å². The molecule has 0 aromatic carbocycles. The monoisotopic (exact) mass is 1510 g/mol. The van der Waals surface area contributed by atoms with Gasteiger partial charge in [-0.3, -0.25) is 37.3 Å². The fourth-order valence-electron chi connectivity index (χ4n) is 12.9. The third-order valence-corrected chi connectivity index (χ3v) is 22.2. The highest BCUT2D eigenvalue weighted by Gasteiger charge is 2.30. The zero-order valence-electron chi connectivity index (χ0n) is 68.0. The molecule has 3 N–H and O–H groups in total. The predicted molar refractivity (Wildman–Crippen MR) is 423 cm³/mol. The lowest BCUT2D eigenvalue weighted by molar-refractivity contribution is -0.161. The molecule has 612 valence electrons. The standard InChI is InChI=1S/C84H164O17P2/c1-9-76(7)62-54-46-38-32-25-21-17-13-11-12-14-18-23-27-34-40-50-58-66-83(88)100-79(70-94-81(86)64-56-48-39-33-26-22-19-15-16-20-24-30-36-44-52-60-74(3)4)72-98-102(90,91)96-68-78(85)69-97-103(92,93)99-73-80(71-95-82(87)65-57-49-43-42-47-55-63-77(8)10-2)101-84(89)67-59-51-41-35-29-28-31-37-45-53-61-75(5)6/h74-80,85H,9-73H2,1-8H3,(H,90,91)(H,92,93)/t76?,77?,78-,79-,80-/m1/s1. The Bertz CT molecular complexity index is 2010. The summed E-state index contributed by atoms with van der Waals surface area (Å²) in [4.78, 5) is 73.1. The van der Waals surface area contributed by atoms with Gasteiger partial charge in [-0.15, -0.1) is 0 Å². The number of esters is 4. The summed E-state index contributed by atoms with van der Waals surface area (Å²) in [5.74, 6) is 1.05. The Morgan fingerprint density at radius 3 is 0.689 bits per heavy atom. The van der Waals surface area contributed by atoms with Gasteiger partial charge >= 0.3 is 39.5 Å². The molecule has 0 aliphatic rings. The number of phosphoric ester groups is 2. The van der Waals surface area contributed by atoms with Crippen molar-refractivity contribution in [1.82, 2.24) is 0 Å². The van der Waals surface area contributed by atoms with Gasteiger partial charge in [0, 0.05) is 25.7 Å². The molecule has 19 heteroatoms. The second kappa shape index (κ2) is 72.9. The largest absolute Gasteiger partial charge is 0.472 e. The Morgan fingerprint density at radius 1 is 0.272 bits per heavy atom. The van der Waals surface area contributed by atoms with Crippen LogP contribution in [0.25, 0.3) is 0 Å². The molecule has 0 aliphatic heterocycles. The van der Waals surface area contributed by atoms with Gasteiger partial charge < -0.3 is 33.8 Å². The second-order valence-corrected chi connectivity index (χ2v) is 34.6. The fraction of sp³-hybridized carbons (Fsp3) is 0.952. The van der Waals surface area contributed by atoms with Gasteiger partial charge in [0.15, 0.2) is 12.2 Å². The molecule has 103 heavy (non-hydrogen) atoms. The van der Waals surface area contributed by atoms with Gasteiger partial charge in [0.2, 0.25) is 0 Å². The first-order chi connectivity index (χ1) is 49.7. The van der Waals surface area contributed by atoms with Crippen molar-refractivity contribution in [3.8, 4) is 0 Å². The first kappa shape index (κ1) is 101. The van der Waals surface area contributed by atoms with Gasteiger partial charge in [-0.25, -0.2) is 9.13 Å². The molecule has 0 heterocycles. The molecule has 0 aliphatic carbocycles. The normalized spacial score (nSPS) is 14.5. The van der Waals surface area contributed by atoms with E-state index in [0.717, 1.165) is 120 Å². The highest BCUT2D eigenvalue weighted by molar-refractivity contribution is 7.47. The number of rotatable bonds is 81. The Morgan fingerprint density at radius 2 is 0.466 bits per heavy atom. The maximum atomic E-state index is 13.1. The van der Waals surface area contributed by atoms with Crippen LogP contribution in [-0.4, -0.2) is 96.7 Å². The third kappa shape index (κ3) is 75.3. The van der Waals surface area contributed by atoms with Crippen LogP contribution in [0.3, 0.4) is 0 Å². The zero-order valence-corrected chi connectivity index (χ0v) is 69.7. The smallest absolute Gasteiger partial charge is 0.462 e. The summed E-state index contributed by atoms with van der Waals surface area (Å²) in [6.07, 6.45) is 61.1. The number of hydrogen-bond acceptors (Lipinski definition) is 15. The van der Waals surface area contributed by atoms with E-state index in [1.54, 1.807) is 0 Å². The van der Waals surface area contributed by atoms with E-state index >= 15 is 0 Å². The van der Waals surface area contributed by atoms with Crippen molar-refractivity contribution in [2.24, 2.45) is 23.7 Å². The number of ether oxygens (including phenoxy) is 4. The highest BCUT2D eigenvalue weighted by Crippen LogP contribution is 2.45. The number of aliphatic hydroxyl groups excluding tert-OH is 1. The molecule has 0 amide bonds. The Hall–Kier alpha value is -1.94. The van der Waals surface area contributed by atoms with E-state index in [9.17, 15) is 43.2 Å². The van der Waals surface area contributed by atoms with Crippen molar-refractivity contribution in [1.29, 1.82) is 0 Å². The maximum Gasteiger partial charge on any atom is 0.472 e. The average molecular weight is 1510 g/mol. The quantitative estimate of drug-likeness (QED) is 0.0222. The second-order valence-electron chi connectivity index (χ2n) is 31.7. The summed E-state index contributed by atoms with van der Waals surface area (Å²) < 4.78 is 68.8. The zero-order chi connectivity index (χ0) is 76.0. The maximum absolute atomic E-state index is 13.1. The molecular formula is C84H164O17P2. The summed E-state index contributed by atoms with van der Waals surface area (Å²) in [6, 6.07) is 0. The van der Waals surface area contributed by atoms with Gasteiger partial charge in [-0.2, -0.15) is 0 Å². The number of hydrogen-bond donors (Lipinski definition) is 3. The number of aliphatic hydroxyl groups is 1. The Labute approximate surface area is 632 Å². The minimum Gasteiger partial charge on any atom is -0.462 e. The van der Waals surface area contributed by atoms with Crippen molar-refractivity contribution < 1.29 is 80.2 Å². The lowest BCUT2D eigenvalue weighted by atomic mass is 9.99. The average Bonchev–Trinajstić information content (AvgIpc) is 0.914. The number of unbranched alkanes of at least 4 members (excludes halogenated alkanes) is 45. The van der Waals surface area contributed by atoms with Crippen LogP contribution >= 0.6 is 15.6 Å². The molecule has 0 rings (SSSR count). The van der Waals surface area contributed by atoms with Crippen LogP contribution in [0.15, 0.2) is 0 Å². The number of carbonyl (C=O) groups is 4. The van der Waals surface area contributed by atoms with Crippen LogP contribution in [0.5, 0.6) is 0 Å². The van der Waals surface area contributed by atoms with Crippen LogP contribution in [0, 0.1) is 23.7 Å². The summed E-state index contributed by atoms with van der Waals surface area (Å²) >= 11 is 0. The van der Waals surface area contributed by atoms with E-state index in [1.165, 1.54) is 231 Å². The molecule has 4 unspecified atom stereocenters. The lowest BCUT2D eigenvalue weighted by Gasteiger charge is -2.21. The molecule has 0 saturated heterocycles. The van der Waals surface area contributed by atoms with Crippen LogP contribution < -0.4 is 0 Å². The van der Waals surface area contributed by atoms with E-state index in [4.69, 9.17) is 37.0 Å². The Kier molecular flexibility index (Phi) is 71.5. The molecule has 17 nitrogen and oxygen atoms in total. The van der Waals surface area contributed by atoms with Crippen LogP contribution in [0.1, 0.15) is 434 Å². The Balaban J connectivity index is 5.22. The van der Waals surface area contributed by atoms with Crippen molar-refractivity contribution in [2.75, 3.05) is 39.6 Å². The molecule has 0 spiro atoms. The van der Waals surface area contributed by atoms with Gasteiger partial charge in [0.25, 0.3) is 0 Å². The fourth-order valence-corrected chi connectivity index (χ4v) is 14.5. The summed E-state index contributed by atoms with van der Waals surface area (Å²) in [6.45, 7) is 14.3. The van der Waals surface area contributed by atoms with E-state index in [2.05, 4.69) is 55.4 Å². The predicted octanol–water partition coefficient (Wildman–Crippen LogP) is 25.2. The first-order valence-electron chi connectivity index (χ1n) is 43.3. The van der Waals surface area contributed by atoms with Crippen molar-refractivity contribution in [3.63, 3.8) is 0 Å². The van der Waals surface area contributed by atoms with Gasteiger partial charge in [0.05, 0.1) is 26.4 Å². The van der Waals surface area contributed by atoms with Crippen LogP contribution in [0.2, 0.25) is 0 Å². The van der Waals surface area contributed by atoms with Crippen molar-refractivity contribution >= 4 is 39.5 Å². The van der Waals surface area contributed by atoms with Gasteiger partial charge in [-0.05, 0) is 49.4 Å². The van der Waals surface area contributed by atoms with E-state index in [-0.39, 0.29) is 25.7 Å². The molecule has 0 radical (unpaired) electrons. The molecule has 0 fully saturated rings. The lowest BCUT2D eigenvalue weighted by Crippen LogP contribution is -2.30. The molecule has 7 atom stereocenters. The SMILES string of the molecule is CCC(C)CCCCCCCCCCCCCCCCCCCCC(=O)O[C@H](COC(=O)CCCCCCCCCCCCCCCCCC(C)C)COP(=O)(O)OC[C@@H](O)COP(=O)(O)OC[C@@H](COC(=O)CCCCCCCCC(C)CC)OC(=O)CCCCCCCCCCCCC(C)C. The summed E-state index contributed by atoms with van der Waals surface area (Å²) in [5, 5.41) is 10.7. The molecular weight excluding hydrogens is 1340 g/mol. The summed E-state index contributed by atoms with van der Waals surface area (Å²) in [5.41, 5.74) is 0. The molecule has 0 aromatic heterocycles.